The van der Waals surface area contributed by atoms with E-state index >= 15 is 0 Å². The third-order valence-corrected chi connectivity index (χ3v) is 2.30. The van der Waals surface area contributed by atoms with Gasteiger partial charge in [-0.2, -0.15) is 0 Å². The number of hydrogen-bond donors (Lipinski definition) is 1. The SMILES string of the molecule is Nc1cc(Cl)cc(-c2cccc(F)c2)c1. The van der Waals surface area contributed by atoms with Gasteiger partial charge in [0, 0.05) is 10.7 Å². The van der Waals surface area contributed by atoms with Crippen molar-refractivity contribution in [2.45, 2.75) is 0 Å². The molecule has 0 saturated heterocycles. The summed E-state index contributed by atoms with van der Waals surface area (Å²) in [5.41, 5.74) is 7.81. The van der Waals surface area contributed by atoms with Crippen LogP contribution in [0.5, 0.6) is 0 Å². The van der Waals surface area contributed by atoms with Gasteiger partial charge in [-0.15, -0.1) is 0 Å². The lowest BCUT2D eigenvalue weighted by Gasteiger charge is -2.04. The summed E-state index contributed by atoms with van der Waals surface area (Å²) in [5, 5.41) is 0.550. The summed E-state index contributed by atoms with van der Waals surface area (Å²) < 4.78 is 13.0. The predicted octanol–water partition coefficient (Wildman–Crippen LogP) is 3.73. The van der Waals surface area contributed by atoms with Crippen LogP contribution in [-0.4, -0.2) is 0 Å². The minimum Gasteiger partial charge on any atom is -0.399 e. The van der Waals surface area contributed by atoms with Crippen LogP contribution in [0.3, 0.4) is 0 Å². The zero-order valence-electron chi connectivity index (χ0n) is 7.87. The lowest BCUT2D eigenvalue weighted by atomic mass is 10.1. The molecule has 0 radical (unpaired) electrons. The van der Waals surface area contributed by atoms with Gasteiger partial charge in [-0.3, -0.25) is 0 Å². The predicted molar refractivity (Wildman–Crippen MR) is 61.3 cm³/mol. The van der Waals surface area contributed by atoms with Crippen molar-refractivity contribution in [2.24, 2.45) is 0 Å². The van der Waals surface area contributed by atoms with E-state index < -0.39 is 0 Å². The maximum Gasteiger partial charge on any atom is 0.123 e. The summed E-state index contributed by atoms with van der Waals surface area (Å²) in [5.74, 6) is -0.272. The van der Waals surface area contributed by atoms with E-state index in [0.717, 1.165) is 11.1 Å². The lowest BCUT2D eigenvalue weighted by Crippen LogP contribution is -1.86. The number of rotatable bonds is 1. The number of nitrogens with two attached hydrogens (primary N) is 1. The molecule has 0 fully saturated rings. The van der Waals surface area contributed by atoms with Crippen LogP contribution in [-0.2, 0) is 0 Å². The van der Waals surface area contributed by atoms with E-state index in [9.17, 15) is 4.39 Å². The maximum absolute atomic E-state index is 13.0. The largest absolute Gasteiger partial charge is 0.399 e. The highest BCUT2D eigenvalue weighted by Crippen LogP contribution is 2.26. The minimum atomic E-state index is -0.272. The van der Waals surface area contributed by atoms with Crippen molar-refractivity contribution in [2.75, 3.05) is 5.73 Å². The van der Waals surface area contributed by atoms with Crippen LogP contribution in [0.25, 0.3) is 11.1 Å². The summed E-state index contributed by atoms with van der Waals surface area (Å²) in [6, 6.07) is 11.5. The molecule has 0 aliphatic heterocycles. The van der Waals surface area contributed by atoms with Crippen molar-refractivity contribution in [3.05, 3.63) is 53.3 Å². The molecule has 0 aliphatic carbocycles. The Bertz CT molecular complexity index is 476. The van der Waals surface area contributed by atoms with Gasteiger partial charge in [0.1, 0.15) is 5.82 Å². The highest BCUT2D eigenvalue weighted by molar-refractivity contribution is 6.31. The van der Waals surface area contributed by atoms with Crippen molar-refractivity contribution < 1.29 is 4.39 Å². The second-order valence-electron chi connectivity index (χ2n) is 3.28. The molecule has 3 heteroatoms. The Morgan fingerprint density at radius 1 is 1.00 bits per heavy atom. The molecule has 0 spiro atoms. The highest BCUT2D eigenvalue weighted by atomic mass is 35.5. The summed E-state index contributed by atoms with van der Waals surface area (Å²) in [7, 11) is 0. The highest BCUT2D eigenvalue weighted by Gasteiger charge is 2.01. The molecule has 0 heterocycles. The maximum atomic E-state index is 13.0. The first-order valence-corrected chi connectivity index (χ1v) is 4.85. The molecule has 0 amide bonds. The molecule has 0 aliphatic rings. The molecule has 76 valence electrons. The number of benzene rings is 2. The van der Waals surface area contributed by atoms with Crippen LogP contribution in [0.4, 0.5) is 10.1 Å². The van der Waals surface area contributed by atoms with E-state index in [1.165, 1.54) is 12.1 Å². The van der Waals surface area contributed by atoms with Gasteiger partial charge in [0.2, 0.25) is 0 Å². The van der Waals surface area contributed by atoms with Crippen LogP contribution in [0.15, 0.2) is 42.5 Å². The molecule has 2 N–H and O–H groups in total. The molecule has 0 aromatic heterocycles. The Kier molecular flexibility index (Phi) is 2.60. The topological polar surface area (TPSA) is 26.0 Å². The Hall–Kier alpha value is -1.54. The van der Waals surface area contributed by atoms with Gasteiger partial charge in [-0.25, -0.2) is 4.39 Å². The molecule has 0 saturated carbocycles. The van der Waals surface area contributed by atoms with Crippen LogP contribution in [0.2, 0.25) is 5.02 Å². The Labute approximate surface area is 92.3 Å². The van der Waals surface area contributed by atoms with E-state index in [0.29, 0.717) is 10.7 Å². The Morgan fingerprint density at radius 3 is 2.47 bits per heavy atom. The average molecular weight is 222 g/mol. The van der Waals surface area contributed by atoms with E-state index in [-0.39, 0.29) is 5.82 Å². The molecule has 15 heavy (non-hydrogen) atoms. The fourth-order valence-electron chi connectivity index (χ4n) is 1.45. The van der Waals surface area contributed by atoms with E-state index in [1.54, 1.807) is 24.3 Å². The summed E-state index contributed by atoms with van der Waals surface area (Å²) in [6.07, 6.45) is 0. The molecule has 2 aromatic rings. The number of hydrogen-bond acceptors (Lipinski definition) is 1. The normalized spacial score (nSPS) is 10.3. The second kappa shape index (κ2) is 3.91. The van der Waals surface area contributed by atoms with Crippen molar-refractivity contribution in [3.8, 4) is 11.1 Å². The van der Waals surface area contributed by atoms with Crippen molar-refractivity contribution in [3.63, 3.8) is 0 Å². The monoisotopic (exact) mass is 221 g/mol. The van der Waals surface area contributed by atoms with Crippen LogP contribution in [0, 0.1) is 5.82 Å². The molecule has 1 nitrogen and oxygen atoms in total. The number of anilines is 1. The molecular weight excluding hydrogens is 213 g/mol. The molecule has 2 aromatic carbocycles. The number of halogens is 2. The summed E-state index contributed by atoms with van der Waals surface area (Å²) in [4.78, 5) is 0. The minimum absolute atomic E-state index is 0.272. The van der Waals surface area contributed by atoms with Crippen LogP contribution in [0.1, 0.15) is 0 Å². The quantitative estimate of drug-likeness (QED) is 0.730. The zero-order valence-corrected chi connectivity index (χ0v) is 8.63. The van der Waals surface area contributed by atoms with Crippen LogP contribution >= 0.6 is 11.6 Å². The molecule has 0 unspecified atom stereocenters. The third kappa shape index (κ3) is 2.28. The van der Waals surface area contributed by atoms with Crippen LogP contribution < -0.4 is 5.73 Å². The van der Waals surface area contributed by atoms with Crippen molar-refractivity contribution in [1.29, 1.82) is 0 Å². The van der Waals surface area contributed by atoms with Gasteiger partial charge in [-0.1, -0.05) is 23.7 Å². The summed E-state index contributed by atoms with van der Waals surface area (Å²) >= 11 is 5.87. The second-order valence-corrected chi connectivity index (χ2v) is 3.72. The van der Waals surface area contributed by atoms with E-state index in [1.807, 2.05) is 6.07 Å². The van der Waals surface area contributed by atoms with Gasteiger partial charge >= 0.3 is 0 Å². The van der Waals surface area contributed by atoms with Gasteiger partial charge in [-0.05, 0) is 41.5 Å². The molecular formula is C12H9ClFN. The van der Waals surface area contributed by atoms with E-state index in [4.69, 9.17) is 17.3 Å². The Balaban J connectivity index is 2.54. The molecule has 0 atom stereocenters. The first kappa shape index (κ1) is 9.99. The first-order valence-electron chi connectivity index (χ1n) is 4.47. The van der Waals surface area contributed by atoms with Gasteiger partial charge in [0.15, 0.2) is 0 Å². The van der Waals surface area contributed by atoms with Crippen molar-refractivity contribution in [1.82, 2.24) is 0 Å². The van der Waals surface area contributed by atoms with Gasteiger partial charge < -0.3 is 5.73 Å². The van der Waals surface area contributed by atoms with Crippen molar-refractivity contribution >= 4 is 17.3 Å². The number of nitrogen functional groups attached to an aromatic ring is 1. The fraction of sp³-hybridized carbons (Fsp3) is 0. The Morgan fingerprint density at radius 2 is 1.80 bits per heavy atom. The molecule has 0 bridgehead atoms. The third-order valence-electron chi connectivity index (χ3n) is 2.08. The first-order chi connectivity index (χ1) is 7.15. The standard InChI is InChI=1S/C12H9ClFN/c13-10-4-9(6-12(15)7-10)8-2-1-3-11(14)5-8/h1-7H,15H2. The zero-order chi connectivity index (χ0) is 10.8. The summed E-state index contributed by atoms with van der Waals surface area (Å²) in [6.45, 7) is 0. The average Bonchev–Trinajstić information content (AvgIpc) is 2.16. The lowest BCUT2D eigenvalue weighted by molar-refractivity contribution is 0.628. The van der Waals surface area contributed by atoms with E-state index in [2.05, 4.69) is 0 Å². The smallest absolute Gasteiger partial charge is 0.123 e. The fourth-order valence-corrected chi connectivity index (χ4v) is 1.69. The van der Waals surface area contributed by atoms with Gasteiger partial charge in [0.05, 0.1) is 0 Å². The molecule has 2 rings (SSSR count). The van der Waals surface area contributed by atoms with Gasteiger partial charge in [0.25, 0.3) is 0 Å².